The van der Waals surface area contributed by atoms with Crippen molar-refractivity contribution in [1.82, 2.24) is 9.78 Å². The van der Waals surface area contributed by atoms with Gasteiger partial charge in [-0.1, -0.05) is 67.6 Å². The van der Waals surface area contributed by atoms with E-state index in [0.717, 1.165) is 58.3 Å². The Kier molecular flexibility index (Phi) is 6.58. The molecule has 4 atom stereocenters. The highest BCUT2D eigenvalue weighted by molar-refractivity contribution is 7.92. The molecule has 1 unspecified atom stereocenters. The summed E-state index contributed by atoms with van der Waals surface area (Å²) in [6.07, 6.45) is 3.21. The first-order valence-electron chi connectivity index (χ1n) is 13.9. The standard InChI is InChI=1S/C33H32N4O3S/c1-21-29-16-15-28-30(24-11-7-9-22(17-24)23-10-8-14-27(18-23)36-41(3,39)40)37(2)35-32(28)33(29,19-25(20-34)31(21)38)26-12-5-4-6-13-26/h4-14,17-18,21,25,29,36H,15-16,19H2,1-3H3/t21-,25?,29-,33-/m0/s1. The van der Waals surface area contributed by atoms with Gasteiger partial charge in [-0.2, -0.15) is 10.4 Å². The van der Waals surface area contributed by atoms with Crippen LogP contribution >= 0.6 is 0 Å². The molecule has 41 heavy (non-hydrogen) atoms. The Morgan fingerprint density at radius 1 is 1.00 bits per heavy atom. The van der Waals surface area contributed by atoms with E-state index in [1.54, 1.807) is 6.07 Å². The summed E-state index contributed by atoms with van der Waals surface area (Å²) in [4.78, 5) is 13.2. The summed E-state index contributed by atoms with van der Waals surface area (Å²) < 4.78 is 28.1. The molecule has 1 saturated carbocycles. The van der Waals surface area contributed by atoms with Gasteiger partial charge in [-0.25, -0.2) is 8.42 Å². The summed E-state index contributed by atoms with van der Waals surface area (Å²) in [5.74, 6) is -0.796. The molecule has 1 heterocycles. The summed E-state index contributed by atoms with van der Waals surface area (Å²) in [6, 6.07) is 28.2. The van der Waals surface area contributed by atoms with Gasteiger partial charge >= 0.3 is 0 Å². The maximum Gasteiger partial charge on any atom is 0.229 e. The highest BCUT2D eigenvalue weighted by Gasteiger charge is 2.57. The van der Waals surface area contributed by atoms with E-state index in [0.29, 0.717) is 12.1 Å². The zero-order chi connectivity index (χ0) is 28.9. The summed E-state index contributed by atoms with van der Waals surface area (Å²) in [7, 11) is -1.43. The van der Waals surface area contributed by atoms with Crippen LogP contribution in [0, 0.1) is 29.1 Å². The number of hydrogen-bond donors (Lipinski definition) is 1. The fourth-order valence-corrected chi connectivity index (χ4v) is 7.80. The Labute approximate surface area is 240 Å². The van der Waals surface area contributed by atoms with Crippen molar-refractivity contribution in [1.29, 1.82) is 5.26 Å². The minimum absolute atomic E-state index is 0.0453. The highest BCUT2D eigenvalue weighted by Crippen LogP contribution is 2.57. The van der Waals surface area contributed by atoms with Crippen LogP contribution in [0.1, 0.15) is 36.6 Å². The van der Waals surface area contributed by atoms with Crippen molar-refractivity contribution in [3.8, 4) is 28.5 Å². The molecule has 1 aromatic heterocycles. The number of aromatic nitrogens is 2. The van der Waals surface area contributed by atoms with Gasteiger partial charge in [0.2, 0.25) is 10.0 Å². The Bertz CT molecular complexity index is 1810. The highest BCUT2D eigenvalue weighted by atomic mass is 32.2. The second-order valence-corrected chi connectivity index (χ2v) is 13.1. The number of benzene rings is 3. The number of rotatable bonds is 5. The van der Waals surface area contributed by atoms with E-state index in [9.17, 15) is 18.5 Å². The third-order valence-electron chi connectivity index (χ3n) is 8.91. The van der Waals surface area contributed by atoms with Crippen LogP contribution in [0.5, 0.6) is 0 Å². The van der Waals surface area contributed by atoms with Crippen LogP contribution in [-0.4, -0.2) is 30.2 Å². The number of aryl methyl sites for hydroxylation is 1. The molecule has 3 aromatic carbocycles. The molecule has 8 heteroatoms. The number of Topliss-reactive ketones (excluding diaryl/α,β-unsaturated/α-hetero) is 1. The van der Waals surface area contributed by atoms with E-state index in [-0.39, 0.29) is 17.6 Å². The van der Waals surface area contributed by atoms with Crippen LogP contribution in [0.2, 0.25) is 0 Å². The quantitative estimate of drug-likeness (QED) is 0.334. The molecular formula is C33H32N4O3S. The van der Waals surface area contributed by atoms with E-state index in [4.69, 9.17) is 5.10 Å². The predicted octanol–water partition coefficient (Wildman–Crippen LogP) is 5.72. The molecule has 2 aliphatic rings. The van der Waals surface area contributed by atoms with Crippen LogP contribution in [0.15, 0.2) is 78.9 Å². The Hall–Kier alpha value is -4.22. The zero-order valence-corrected chi connectivity index (χ0v) is 24.2. The largest absolute Gasteiger partial charge is 0.298 e. The average Bonchev–Trinajstić information content (AvgIpc) is 3.31. The van der Waals surface area contributed by atoms with Crippen LogP contribution < -0.4 is 4.72 Å². The normalized spacial score (nSPS) is 23.8. The fourth-order valence-electron chi connectivity index (χ4n) is 7.24. The Morgan fingerprint density at radius 3 is 2.39 bits per heavy atom. The van der Waals surface area contributed by atoms with E-state index in [2.05, 4.69) is 35.1 Å². The average molecular weight is 565 g/mol. The van der Waals surface area contributed by atoms with Gasteiger partial charge in [0.05, 0.1) is 23.7 Å². The molecule has 1 N–H and O–H groups in total. The van der Waals surface area contributed by atoms with Crippen molar-refractivity contribution in [3.63, 3.8) is 0 Å². The lowest BCUT2D eigenvalue weighted by molar-refractivity contribution is -0.131. The van der Waals surface area contributed by atoms with E-state index in [1.165, 1.54) is 0 Å². The van der Waals surface area contributed by atoms with Crippen molar-refractivity contribution in [2.75, 3.05) is 11.0 Å². The lowest BCUT2D eigenvalue weighted by Gasteiger charge is -2.50. The number of hydrogen-bond acceptors (Lipinski definition) is 5. The lowest BCUT2D eigenvalue weighted by Crippen LogP contribution is -2.52. The van der Waals surface area contributed by atoms with Gasteiger partial charge in [0, 0.05) is 35.2 Å². The minimum atomic E-state index is -3.39. The van der Waals surface area contributed by atoms with Gasteiger partial charge in [0.1, 0.15) is 5.92 Å². The van der Waals surface area contributed by atoms with Crippen molar-refractivity contribution in [3.05, 3.63) is 95.7 Å². The van der Waals surface area contributed by atoms with E-state index < -0.39 is 21.4 Å². The van der Waals surface area contributed by atoms with Crippen LogP contribution in [0.4, 0.5) is 5.69 Å². The number of nitrogens with one attached hydrogen (secondary N) is 1. The number of fused-ring (bicyclic) bond motifs is 3. The SMILES string of the molecule is C[C@@H]1C(=O)C(C#N)C[C@@]2(c3ccccc3)c3nn(C)c(-c4cccc(-c5cccc(NS(C)(=O)=O)c5)c4)c3CC[C@@H]12. The first-order chi connectivity index (χ1) is 19.6. The van der Waals surface area contributed by atoms with E-state index >= 15 is 0 Å². The number of sulfonamides is 1. The molecular weight excluding hydrogens is 532 g/mol. The molecule has 0 bridgehead atoms. The molecule has 1 fully saturated rings. The lowest BCUT2D eigenvalue weighted by atomic mass is 9.51. The molecule has 2 aliphatic carbocycles. The number of ketones is 1. The van der Waals surface area contributed by atoms with Gasteiger partial charge in [-0.3, -0.25) is 14.2 Å². The van der Waals surface area contributed by atoms with Gasteiger partial charge in [0.25, 0.3) is 0 Å². The van der Waals surface area contributed by atoms with Crippen LogP contribution in [0.3, 0.4) is 0 Å². The van der Waals surface area contributed by atoms with Crippen LogP contribution in [0.25, 0.3) is 22.4 Å². The first kappa shape index (κ1) is 27.0. The smallest absolute Gasteiger partial charge is 0.229 e. The van der Waals surface area contributed by atoms with E-state index in [1.807, 2.05) is 67.2 Å². The van der Waals surface area contributed by atoms with Gasteiger partial charge in [-0.05, 0) is 60.1 Å². The molecule has 6 rings (SSSR count). The summed E-state index contributed by atoms with van der Waals surface area (Å²) >= 11 is 0. The number of carbonyl (C=O) groups excluding carboxylic acids is 1. The van der Waals surface area contributed by atoms with Crippen molar-refractivity contribution in [2.24, 2.45) is 24.8 Å². The molecule has 4 aromatic rings. The molecule has 7 nitrogen and oxygen atoms in total. The second-order valence-electron chi connectivity index (χ2n) is 11.4. The number of carbonyl (C=O) groups is 1. The van der Waals surface area contributed by atoms with Gasteiger partial charge in [0.15, 0.2) is 5.78 Å². The second kappa shape index (κ2) is 10.0. The Morgan fingerprint density at radius 2 is 1.68 bits per heavy atom. The molecule has 208 valence electrons. The molecule has 0 radical (unpaired) electrons. The van der Waals surface area contributed by atoms with Crippen molar-refractivity contribution in [2.45, 2.75) is 31.6 Å². The predicted molar refractivity (Wildman–Crippen MR) is 159 cm³/mol. The van der Waals surface area contributed by atoms with Gasteiger partial charge < -0.3 is 0 Å². The maximum absolute atomic E-state index is 13.2. The Balaban J connectivity index is 1.49. The van der Waals surface area contributed by atoms with Crippen LogP contribution in [-0.2, 0) is 33.7 Å². The fraction of sp³-hybridized carbons (Fsp3) is 0.303. The molecule has 0 aliphatic heterocycles. The maximum atomic E-state index is 13.2. The third-order valence-corrected chi connectivity index (χ3v) is 9.51. The summed E-state index contributed by atoms with van der Waals surface area (Å²) in [5.41, 5.74) is 7.13. The van der Waals surface area contributed by atoms with Crippen molar-refractivity contribution >= 4 is 21.5 Å². The monoisotopic (exact) mass is 564 g/mol. The topological polar surface area (TPSA) is 105 Å². The molecule has 0 amide bonds. The summed E-state index contributed by atoms with van der Waals surface area (Å²) in [5, 5.41) is 15.2. The van der Waals surface area contributed by atoms with Gasteiger partial charge in [-0.15, -0.1) is 0 Å². The zero-order valence-electron chi connectivity index (χ0n) is 23.3. The third kappa shape index (κ3) is 4.54. The molecule has 0 spiro atoms. The van der Waals surface area contributed by atoms with Crippen molar-refractivity contribution < 1.29 is 13.2 Å². The minimum Gasteiger partial charge on any atom is -0.298 e. The summed E-state index contributed by atoms with van der Waals surface area (Å²) in [6.45, 7) is 1.99. The number of anilines is 1. The molecule has 0 saturated heterocycles. The number of nitriles is 1. The number of nitrogens with zero attached hydrogens (tertiary/aromatic N) is 3. The first-order valence-corrected chi connectivity index (χ1v) is 15.8.